The standard InChI is InChI=1S/C18H28F3N3O/c1-3-14-25-17-6-4-16(5-7-17)24-12-10-23(11-13-24)9-8-22(2)15-18(19,20)21/h4-7H,3,8-15H2,1-2H3. The number of likely N-dealkylation sites (N-methyl/N-ethyl adjacent to an activating group) is 1. The van der Waals surface area contributed by atoms with Crippen molar-refractivity contribution in [2.24, 2.45) is 0 Å². The van der Waals surface area contributed by atoms with E-state index in [0.29, 0.717) is 13.1 Å². The SMILES string of the molecule is CCCOc1ccc(N2CCN(CCN(C)CC(F)(F)F)CC2)cc1. The van der Waals surface area contributed by atoms with Crippen molar-refractivity contribution in [1.29, 1.82) is 0 Å². The van der Waals surface area contributed by atoms with E-state index < -0.39 is 12.7 Å². The second-order valence-corrected chi connectivity index (χ2v) is 6.52. The molecule has 0 atom stereocenters. The molecule has 1 aliphatic heterocycles. The van der Waals surface area contributed by atoms with E-state index in [-0.39, 0.29) is 0 Å². The van der Waals surface area contributed by atoms with Crippen LogP contribution in [-0.2, 0) is 0 Å². The van der Waals surface area contributed by atoms with Gasteiger partial charge in [0.2, 0.25) is 0 Å². The Balaban J connectivity index is 1.72. The van der Waals surface area contributed by atoms with Gasteiger partial charge in [-0.25, -0.2) is 0 Å². The fourth-order valence-corrected chi connectivity index (χ4v) is 2.90. The highest BCUT2D eigenvalue weighted by atomic mass is 19.4. The largest absolute Gasteiger partial charge is 0.494 e. The fraction of sp³-hybridized carbons (Fsp3) is 0.667. The quantitative estimate of drug-likeness (QED) is 0.710. The number of piperazine rings is 1. The zero-order chi connectivity index (χ0) is 18.3. The summed E-state index contributed by atoms with van der Waals surface area (Å²) in [5, 5.41) is 0. The highest BCUT2D eigenvalue weighted by molar-refractivity contribution is 5.49. The van der Waals surface area contributed by atoms with Crippen LogP contribution in [0, 0.1) is 0 Å². The molecule has 0 radical (unpaired) electrons. The molecule has 1 aliphatic rings. The maximum atomic E-state index is 12.3. The summed E-state index contributed by atoms with van der Waals surface area (Å²) in [5.41, 5.74) is 1.16. The minimum absolute atomic E-state index is 0.434. The molecule has 0 N–H and O–H groups in total. The highest BCUT2D eigenvalue weighted by Crippen LogP contribution is 2.21. The third-order valence-corrected chi connectivity index (χ3v) is 4.29. The number of benzene rings is 1. The highest BCUT2D eigenvalue weighted by Gasteiger charge is 2.29. The van der Waals surface area contributed by atoms with E-state index in [1.807, 2.05) is 12.1 Å². The van der Waals surface area contributed by atoms with Gasteiger partial charge in [0.15, 0.2) is 0 Å². The van der Waals surface area contributed by atoms with Gasteiger partial charge in [0.05, 0.1) is 13.2 Å². The lowest BCUT2D eigenvalue weighted by molar-refractivity contribution is -0.143. The summed E-state index contributed by atoms with van der Waals surface area (Å²) >= 11 is 0. The molecule has 0 aromatic heterocycles. The predicted molar refractivity (Wildman–Crippen MR) is 94.4 cm³/mol. The van der Waals surface area contributed by atoms with E-state index >= 15 is 0 Å². The number of nitrogens with zero attached hydrogens (tertiary/aromatic N) is 3. The topological polar surface area (TPSA) is 19.0 Å². The number of halogens is 3. The molecule has 1 fully saturated rings. The number of rotatable bonds is 8. The van der Waals surface area contributed by atoms with Crippen molar-refractivity contribution < 1.29 is 17.9 Å². The van der Waals surface area contributed by atoms with Gasteiger partial charge in [-0.05, 0) is 37.7 Å². The van der Waals surface area contributed by atoms with Gasteiger partial charge in [0.25, 0.3) is 0 Å². The molecule has 1 heterocycles. The average molecular weight is 359 g/mol. The second kappa shape index (κ2) is 9.29. The van der Waals surface area contributed by atoms with Crippen molar-refractivity contribution in [3.63, 3.8) is 0 Å². The van der Waals surface area contributed by atoms with Crippen LogP contribution in [0.2, 0.25) is 0 Å². The predicted octanol–water partition coefficient (Wildman–Crippen LogP) is 3.09. The molecule has 142 valence electrons. The fourth-order valence-electron chi connectivity index (χ4n) is 2.90. The van der Waals surface area contributed by atoms with Crippen LogP contribution in [-0.4, -0.2) is 75.4 Å². The van der Waals surface area contributed by atoms with E-state index in [2.05, 4.69) is 28.9 Å². The molecule has 0 aliphatic carbocycles. The van der Waals surface area contributed by atoms with Crippen LogP contribution >= 0.6 is 0 Å². The summed E-state index contributed by atoms with van der Waals surface area (Å²) in [6.07, 6.45) is -3.14. The van der Waals surface area contributed by atoms with Gasteiger partial charge in [-0.2, -0.15) is 13.2 Å². The summed E-state index contributed by atoms with van der Waals surface area (Å²) in [5.74, 6) is 0.886. The first-order valence-corrected chi connectivity index (χ1v) is 8.83. The molecule has 0 amide bonds. The van der Waals surface area contributed by atoms with Crippen molar-refractivity contribution >= 4 is 5.69 Å². The van der Waals surface area contributed by atoms with Crippen molar-refractivity contribution in [2.75, 3.05) is 64.4 Å². The number of ether oxygens (including phenoxy) is 1. The number of hydrogen-bond donors (Lipinski definition) is 0. The van der Waals surface area contributed by atoms with Crippen LogP contribution in [0.4, 0.5) is 18.9 Å². The number of hydrogen-bond acceptors (Lipinski definition) is 4. The van der Waals surface area contributed by atoms with E-state index in [9.17, 15) is 13.2 Å². The summed E-state index contributed by atoms with van der Waals surface area (Å²) in [6, 6.07) is 8.11. The Morgan fingerprint density at radius 2 is 1.72 bits per heavy atom. The second-order valence-electron chi connectivity index (χ2n) is 6.52. The Bertz CT molecular complexity index is 499. The summed E-state index contributed by atoms with van der Waals surface area (Å²) in [4.78, 5) is 5.86. The molecule has 0 unspecified atom stereocenters. The molecule has 0 saturated carbocycles. The number of alkyl halides is 3. The van der Waals surface area contributed by atoms with Gasteiger partial charge in [-0.1, -0.05) is 6.92 Å². The maximum absolute atomic E-state index is 12.3. The van der Waals surface area contributed by atoms with Gasteiger partial charge in [-0.15, -0.1) is 0 Å². The van der Waals surface area contributed by atoms with Crippen LogP contribution in [0.5, 0.6) is 5.75 Å². The van der Waals surface area contributed by atoms with E-state index in [1.54, 1.807) is 0 Å². The van der Waals surface area contributed by atoms with E-state index in [1.165, 1.54) is 11.9 Å². The zero-order valence-electron chi connectivity index (χ0n) is 15.1. The van der Waals surface area contributed by atoms with Gasteiger partial charge < -0.3 is 9.64 Å². The van der Waals surface area contributed by atoms with E-state index in [4.69, 9.17) is 4.74 Å². The molecule has 25 heavy (non-hydrogen) atoms. The Kier molecular flexibility index (Phi) is 7.38. The van der Waals surface area contributed by atoms with Crippen molar-refractivity contribution in [3.05, 3.63) is 24.3 Å². The molecule has 4 nitrogen and oxygen atoms in total. The molecule has 1 aromatic carbocycles. The lowest BCUT2D eigenvalue weighted by Gasteiger charge is -2.36. The van der Waals surface area contributed by atoms with Crippen LogP contribution in [0.3, 0.4) is 0 Å². The Labute approximate surface area is 148 Å². The summed E-state index contributed by atoms with van der Waals surface area (Å²) < 4.78 is 42.6. The lowest BCUT2D eigenvalue weighted by atomic mass is 10.2. The summed E-state index contributed by atoms with van der Waals surface area (Å²) in [7, 11) is 1.52. The Hall–Kier alpha value is -1.47. The maximum Gasteiger partial charge on any atom is 0.401 e. The molecule has 1 aromatic rings. The van der Waals surface area contributed by atoms with Crippen molar-refractivity contribution in [3.8, 4) is 5.75 Å². The third-order valence-electron chi connectivity index (χ3n) is 4.29. The average Bonchev–Trinajstić information content (AvgIpc) is 2.58. The minimum Gasteiger partial charge on any atom is -0.494 e. The summed E-state index contributed by atoms with van der Waals surface area (Å²) in [6.45, 7) is 6.57. The van der Waals surface area contributed by atoms with Crippen LogP contribution < -0.4 is 9.64 Å². The monoisotopic (exact) mass is 359 g/mol. The molecule has 7 heteroatoms. The molecular formula is C18H28F3N3O. The van der Waals surface area contributed by atoms with Crippen LogP contribution in [0.1, 0.15) is 13.3 Å². The van der Waals surface area contributed by atoms with E-state index in [0.717, 1.165) is 50.6 Å². The van der Waals surface area contributed by atoms with Crippen LogP contribution in [0.15, 0.2) is 24.3 Å². The molecule has 0 spiro atoms. The van der Waals surface area contributed by atoms with Crippen molar-refractivity contribution in [1.82, 2.24) is 9.80 Å². The molecule has 2 rings (SSSR count). The Morgan fingerprint density at radius 3 is 2.28 bits per heavy atom. The lowest BCUT2D eigenvalue weighted by Crippen LogP contribution is -2.48. The first kappa shape index (κ1) is 19.8. The third kappa shape index (κ3) is 7.12. The molecule has 0 bridgehead atoms. The van der Waals surface area contributed by atoms with Crippen molar-refractivity contribution in [2.45, 2.75) is 19.5 Å². The van der Waals surface area contributed by atoms with Crippen LogP contribution in [0.25, 0.3) is 0 Å². The van der Waals surface area contributed by atoms with Gasteiger partial charge in [-0.3, -0.25) is 9.80 Å². The normalized spacial score (nSPS) is 16.5. The molecule has 1 saturated heterocycles. The van der Waals surface area contributed by atoms with Gasteiger partial charge in [0.1, 0.15) is 5.75 Å². The molecular weight excluding hydrogens is 331 g/mol. The Morgan fingerprint density at radius 1 is 1.08 bits per heavy atom. The first-order valence-electron chi connectivity index (χ1n) is 8.83. The minimum atomic E-state index is -4.12. The number of anilines is 1. The van der Waals surface area contributed by atoms with Gasteiger partial charge >= 0.3 is 6.18 Å². The first-order chi connectivity index (χ1) is 11.9. The van der Waals surface area contributed by atoms with Gasteiger partial charge in [0, 0.05) is 45.0 Å². The smallest absolute Gasteiger partial charge is 0.401 e. The zero-order valence-corrected chi connectivity index (χ0v) is 15.1.